The molecule has 4 rings (SSSR count). The Morgan fingerprint density at radius 2 is 1.88 bits per heavy atom. The van der Waals surface area contributed by atoms with Crippen molar-refractivity contribution in [1.82, 2.24) is 0 Å². The zero-order valence-corrected chi connectivity index (χ0v) is 20.6. The molecule has 2 aliphatic rings. The highest BCUT2D eigenvalue weighted by Crippen LogP contribution is 2.41. The molecule has 0 aliphatic carbocycles. The standard InChI is InChI=1S/C26H35BN2O4/c1-18(2)13-15-26(5)25(3,4)32-27(33-26)20-8-10-21(11-9-20)28-24(30)29-16-14-19-7-12-22(31-6)17-23(19)29/h7-12,17-18H,13-16H2,1-6H3,(H,28,30). The number of methoxy groups -OCH3 is 1. The number of benzene rings is 2. The van der Waals surface area contributed by atoms with Crippen LogP contribution < -0.4 is 20.4 Å². The van der Waals surface area contributed by atoms with Crippen molar-refractivity contribution in [3.63, 3.8) is 0 Å². The minimum absolute atomic E-state index is 0.148. The van der Waals surface area contributed by atoms with E-state index in [-0.39, 0.29) is 17.2 Å². The van der Waals surface area contributed by atoms with E-state index in [4.69, 9.17) is 14.0 Å². The van der Waals surface area contributed by atoms with E-state index >= 15 is 0 Å². The van der Waals surface area contributed by atoms with Gasteiger partial charge in [-0.15, -0.1) is 0 Å². The molecule has 0 radical (unpaired) electrons. The second kappa shape index (κ2) is 9.03. The number of urea groups is 1. The third kappa shape index (κ3) is 4.75. The number of rotatable bonds is 6. The summed E-state index contributed by atoms with van der Waals surface area (Å²) in [5, 5.41) is 3.01. The molecule has 1 saturated heterocycles. The number of fused-ring (bicyclic) bond motifs is 1. The lowest BCUT2D eigenvalue weighted by Crippen LogP contribution is -2.44. The van der Waals surface area contributed by atoms with Crippen molar-refractivity contribution < 1.29 is 18.8 Å². The molecule has 2 aromatic rings. The summed E-state index contributed by atoms with van der Waals surface area (Å²) < 4.78 is 18.1. The second-order valence-electron chi connectivity index (χ2n) is 10.2. The number of anilines is 2. The minimum Gasteiger partial charge on any atom is -0.497 e. The highest BCUT2D eigenvalue weighted by Gasteiger charge is 2.54. The minimum atomic E-state index is -0.417. The molecule has 1 N–H and O–H groups in total. The summed E-state index contributed by atoms with van der Waals surface area (Å²) >= 11 is 0. The van der Waals surface area contributed by atoms with E-state index in [1.807, 2.05) is 42.5 Å². The number of ether oxygens (including phenoxy) is 1. The van der Waals surface area contributed by atoms with Crippen LogP contribution in [0.25, 0.3) is 0 Å². The van der Waals surface area contributed by atoms with Gasteiger partial charge < -0.3 is 19.4 Å². The van der Waals surface area contributed by atoms with Crippen LogP contribution in [0, 0.1) is 5.92 Å². The molecule has 2 amide bonds. The average Bonchev–Trinajstić information content (AvgIpc) is 3.30. The van der Waals surface area contributed by atoms with Gasteiger partial charge in [-0.2, -0.15) is 0 Å². The lowest BCUT2D eigenvalue weighted by atomic mass is 9.79. The largest absolute Gasteiger partial charge is 0.497 e. The van der Waals surface area contributed by atoms with Crippen molar-refractivity contribution in [2.75, 3.05) is 23.9 Å². The van der Waals surface area contributed by atoms with Crippen LogP contribution in [0.5, 0.6) is 5.75 Å². The molecule has 176 valence electrons. The fraction of sp³-hybridized carbons (Fsp3) is 0.500. The van der Waals surface area contributed by atoms with Crippen molar-refractivity contribution in [2.24, 2.45) is 5.92 Å². The van der Waals surface area contributed by atoms with E-state index in [1.54, 1.807) is 12.0 Å². The number of carbonyl (C=O) groups excluding carboxylic acids is 1. The van der Waals surface area contributed by atoms with E-state index in [0.29, 0.717) is 12.5 Å². The highest BCUT2D eigenvalue weighted by atomic mass is 16.7. The van der Waals surface area contributed by atoms with Crippen molar-refractivity contribution in [1.29, 1.82) is 0 Å². The van der Waals surface area contributed by atoms with Crippen LogP contribution in [0.4, 0.5) is 16.2 Å². The maximum Gasteiger partial charge on any atom is 0.494 e. The van der Waals surface area contributed by atoms with Crippen LogP contribution in [0.2, 0.25) is 0 Å². The molecule has 1 unspecified atom stereocenters. The maximum atomic E-state index is 12.9. The van der Waals surface area contributed by atoms with Gasteiger partial charge in [0.05, 0.1) is 24.0 Å². The van der Waals surface area contributed by atoms with Crippen LogP contribution in [-0.4, -0.2) is 38.0 Å². The number of nitrogens with one attached hydrogen (secondary N) is 1. The van der Waals surface area contributed by atoms with E-state index < -0.39 is 7.12 Å². The van der Waals surface area contributed by atoms with Gasteiger partial charge in [0.15, 0.2) is 0 Å². The fourth-order valence-corrected chi connectivity index (χ4v) is 4.47. The van der Waals surface area contributed by atoms with Gasteiger partial charge in [-0.05, 0) is 75.2 Å². The summed E-state index contributed by atoms with van der Waals surface area (Å²) in [5.41, 5.74) is 3.01. The van der Waals surface area contributed by atoms with Gasteiger partial charge >= 0.3 is 13.1 Å². The molecule has 2 aromatic carbocycles. The van der Waals surface area contributed by atoms with Gasteiger partial charge in [0.25, 0.3) is 0 Å². The van der Waals surface area contributed by atoms with E-state index in [1.165, 1.54) is 0 Å². The Labute approximate surface area is 197 Å². The third-order valence-electron chi connectivity index (χ3n) is 7.11. The summed E-state index contributed by atoms with van der Waals surface area (Å²) in [6, 6.07) is 13.5. The Morgan fingerprint density at radius 3 is 2.55 bits per heavy atom. The normalized spacial score (nSPS) is 21.4. The van der Waals surface area contributed by atoms with Crippen LogP contribution in [-0.2, 0) is 15.7 Å². The summed E-state index contributed by atoms with van der Waals surface area (Å²) in [6.45, 7) is 11.5. The first-order valence-corrected chi connectivity index (χ1v) is 11.8. The first-order valence-electron chi connectivity index (χ1n) is 11.8. The molecule has 1 atom stereocenters. The Balaban J connectivity index is 1.42. The summed E-state index contributed by atoms with van der Waals surface area (Å²) in [4.78, 5) is 14.7. The molecule has 0 saturated carbocycles. The van der Waals surface area contributed by atoms with Crippen LogP contribution >= 0.6 is 0 Å². The summed E-state index contributed by atoms with van der Waals surface area (Å²) in [5.74, 6) is 1.37. The Kier molecular flexibility index (Phi) is 6.47. The predicted octanol–water partition coefficient (Wildman–Crippen LogP) is 5.01. The molecule has 33 heavy (non-hydrogen) atoms. The van der Waals surface area contributed by atoms with Gasteiger partial charge in [-0.1, -0.05) is 32.0 Å². The lowest BCUT2D eigenvalue weighted by molar-refractivity contribution is -0.0189. The first kappa shape index (κ1) is 23.6. The maximum absolute atomic E-state index is 12.9. The molecule has 0 aromatic heterocycles. The lowest BCUT2D eigenvalue weighted by Gasteiger charge is -2.37. The van der Waals surface area contributed by atoms with Gasteiger partial charge in [0.1, 0.15) is 5.75 Å². The van der Waals surface area contributed by atoms with E-state index in [0.717, 1.165) is 47.4 Å². The summed E-state index contributed by atoms with van der Waals surface area (Å²) in [6.07, 6.45) is 2.88. The molecule has 0 spiro atoms. The monoisotopic (exact) mass is 450 g/mol. The number of hydrogen-bond donors (Lipinski definition) is 1. The smallest absolute Gasteiger partial charge is 0.494 e. The average molecular weight is 450 g/mol. The molecule has 2 heterocycles. The number of nitrogens with zero attached hydrogens (tertiary/aromatic N) is 1. The molecular formula is C26H35BN2O4. The molecule has 6 nitrogen and oxygen atoms in total. The van der Waals surface area contributed by atoms with Gasteiger partial charge in [-0.3, -0.25) is 4.90 Å². The number of hydrogen-bond acceptors (Lipinski definition) is 4. The van der Waals surface area contributed by atoms with Gasteiger partial charge in [0.2, 0.25) is 0 Å². The Bertz CT molecular complexity index is 1010. The van der Waals surface area contributed by atoms with Crippen LogP contribution in [0.3, 0.4) is 0 Å². The molecule has 2 aliphatic heterocycles. The van der Waals surface area contributed by atoms with Crippen LogP contribution in [0.15, 0.2) is 42.5 Å². The van der Waals surface area contributed by atoms with E-state index in [2.05, 4.69) is 39.9 Å². The third-order valence-corrected chi connectivity index (χ3v) is 7.11. The van der Waals surface area contributed by atoms with Gasteiger partial charge in [0, 0.05) is 18.3 Å². The van der Waals surface area contributed by atoms with Crippen molar-refractivity contribution >= 4 is 30.0 Å². The topological polar surface area (TPSA) is 60.0 Å². The van der Waals surface area contributed by atoms with Crippen molar-refractivity contribution in [3.8, 4) is 5.75 Å². The first-order chi connectivity index (χ1) is 15.6. The number of amides is 2. The van der Waals surface area contributed by atoms with Gasteiger partial charge in [-0.25, -0.2) is 4.79 Å². The molecular weight excluding hydrogens is 415 g/mol. The predicted molar refractivity (Wildman–Crippen MR) is 134 cm³/mol. The zero-order chi connectivity index (χ0) is 23.8. The molecule has 1 fully saturated rings. The second-order valence-corrected chi connectivity index (χ2v) is 10.2. The quantitative estimate of drug-likeness (QED) is 0.629. The Morgan fingerprint density at radius 1 is 1.15 bits per heavy atom. The SMILES string of the molecule is COc1ccc2c(c1)N(C(=O)Nc1ccc(B3OC(C)(C)C(C)(CCC(C)C)O3)cc1)CC2. The molecule has 0 bridgehead atoms. The molecule has 7 heteroatoms. The van der Waals surface area contributed by atoms with Crippen molar-refractivity contribution in [3.05, 3.63) is 48.0 Å². The highest BCUT2D eigenvalue weighted by molar-refractivity contribution is 6.62. The van der Waals surface area contributed by atoms with Crippen LogP contribution in [0.1, 0.15) is 53.0 Å². The fourth-order valence-electron chi connectivity index (χ4n) is 4.47. The zero-order valence-electron chi connectivity index (χ0n) is 20.6. The van der Waals surface area contributed by atoms with E-state index in [9.17, 15) is 4.79 Å². The Hall–Kier alpha value is -2.51. The summed E-state index contributed by atoms with van der Waals surface area (Å²) in [7, 11) is 1.22. The van der Waals surface area contributed by atoms with Crippen molar-refractivity contribution in [2.45, 2.75) is 65.1 Å². The number of carbonyl (C=O) groups is 1.